The smallest absolute Gasteiger partial charge is 0.335 e. The van der Waals surface area contributed by atoms with Gasteiger partial charge >= 0.3 is 5.97 Å². The molecule has 0 radical (unpaired) electrons. The Bertz CT molecular complexity index is 1290. The molecule has 1 fully saturated rings. The van der Waals surface area contributed by atoms with Crippen molar-refractivity contribution in [2.75, 3.05) is 4.90 Å². The third-order valence-electron chi connectivity index (χ3n) is 7.36. The largest absolute Gasteiger partial charge is 0.478 e. The Balaban J connectivity index is 1.63. The van der Waals surface area contributed by atoms with Crippen LogP contribution in [0.1, 0.15) is 47.3 Å². The number of hydrogen-bond acceptors (Lipinski definition) is 2. The third-order valence-corrected chi connectivity index (χ3v) is 7.61. The zero-order valence-electron chi connectivity index (χ0n) is 18.3. The van der Waals surface area contributed by atoms with E-state index in [9.17, 15) is 19.1 Å². The Labute approximate surface area is 196 Å². The number of benzene rings is 3. The van der Waals surface area contributed by atoms with Crippen molar-refractivity contribution >= 4 is 29.2 Å². The molecule has 2 atom stereocenters. The van der Waals surface area contributed by atoms with Gasteiger partial charge in [-0.05, 0) is 71.5 Å². The van der Waals surface area contributed by atoms with Crippen molar-refractivity contribution in [3.05, 3.63) is 99.8 Å². The zero-order valence-corrected chi connectivity index (χ0v) is 19.1. The van der Waals surface area contributed by atoms with Crippen molar-refractivity contribution in [3.8, 4) is 0 Å². The van der Waals surface area contributed by atoms with Gasteiger partial charge in [0, 0.05) is 16.1 Å². The van der Waals surface area contributed by atoms with Crippen LogP contribution in [0.4, 0.5) is 10.1 Å². The van der Waals surface area contributed by atoms with Crippen molar-refractivity contribution in [2.24, 2.45) is 5.92 Å². The molecule has 1 spiro atoms. The highest BCUT2D eigenvalue weighted by Crippen LogP contribution is 2.73. The fourth-order valence-electron chi connectivity index (χ4n) is 5.78. The van der Waals surface area contributed by atoms with Gasteiger partial charge in [0.1, 0.15) is 5.82 Å². The van der Waals surface area contributed by atoms with Crippen LogP contribution in [-0.2, 0) is 22.2 Å². The van der Waals surface area contributed by atoms with Crippen molar-refractivity contribution in [1.29, 1.82) is 0 Å². The van der Waals surface area contributed by atoms with E-state index in [1.54, 1.807) is 29.2 Å². The normalized spacial score (nSPS) is 23.3. The second-order valence-electron chi connectivity index (χ2n) is 9.27. The number of carbonyl (C=O) groups is 2. The molecule has 4 nitrogen and oxygen atoms in total. The Morgan fingerprint density at radius 1 is 1.12 bits per heavy atom. The average Bonchev–Trinajstić information content (AvgIpc) is 3.45. The van der Waals surface area contributed by atoms with Crippen molar-refractivity contribution in [3.63, 3.8) is 0 Å². The molecule has 2 unspecified atom stereocenters. The maximum Gasteiger partial charge on any atom is 0.335 e. The quantitative estimate of drug-likeness (QED) is 0.508. The molecular formula is C27H23ClFNO3. The minimum absolute atomic E-state index is 0.0764. The van der Waals surface area contributed by atoms with Crippen LogP contribution in [-0.4, -0.2) is 17.0 Å². The molecule has 3 aromatic rings. The monoisotopic (exact) mass is 463 g/mol. The number of anilines is 1. The Kier molecular flexibility index (Phi) is 4.87. The highest BCUT2D eigenvalue weighted by molar-refractivity contribution is 6.30. The second-order valence-corrected chi connectivity index (χ2v) is 9.71. The third kappa shape index (κ3) is 3.02. The summed E-state index contributed by atoms with van der Waals surface area (Å²) in [5.41, 5.74) is 1.92. The molecule has 1 N–H and O–H groups in total. The number of hydrogen-bond donors (Lipinski definition) is 1. The number of rotatable bonds is 5. The molecule has 5 rings (SSSR count). The van der Waals surface area contributed by atoms with Crippen LogP contribution in [0, 0.1) is 11.7 Å². The Morgan fingerprint density at radius 2 is 1.85 bits per heavy atom. The summed E-state index contributed by atoms with van der Waals surface area (Å²) >= 11 is 6.13. The predicted molar refractivity (Wildman–Crippen MR) is 125 cm³/mol. The van der Waals surface area contributed by atoms with E-state index in [1.807, 2.05) is 24.3 Å². The van der Waals surface area contributed by atoms with Crippen LogP contribution in [0.15, 0.2) is 66.7 Å². The molecule has 0 aromatic heterocycles. The summed E-state index contributed by atoms with van der Waals surface area (Å²) in [4.78, 5) is 27.2. The lowest BCUT2D eigenvalue weighted by atomic mass is 9.75. The zero-order chi connectivity index (χ0) is 23.5. The van der Waals surface area contributed by atoms with Crippen molar-refractivity contribution < 1.29 is 19.1 Å². The summed E-state index contributed by atoms with van der Waals surface area (Å²) in [6.07, 6.45) is 0.584. The number of halogens is 2. The molecule has 3 aromatic carbocycles. The number of amides is 1. The summed E-state index contributed by atoms with van der Waals surface area (Å²) in [6, 6.07) is 18.7. The molecule has 0 saturated heterocycles. The molecule has 168 valence electrons. The van der Waals surface area contributed by atoms with Gasteiger partial charge in [0.25, 0.3) is 0 Å². The van der Waals surface area contributed by atoms with E-state index in [4.69, 9.17) is 11.6 Å². The average molecular weight is 464 g/mol. The van der Waals surface area contributed by atoms with Crippen LogP contribution in [0.3, 0.4) is 0 Å². The van der Waals surface area contributed by atoms with E-state index >= 15 is 0 Å². The first kappa shape index (κ1) is 21.7. The lowest BCUT2D eigenvalue weighted by Crippen LogP contribution is -2.38. The van der Waals surface area contributed by atoms with Crippen LogP contribution < -0.4 is 4.90 Å². The highest BCUT2D eigenvalue weighted by atomic mass is 35.5. The maximum atomic E-state index is 14.5. The topological polar surface area (TPSA) is 57.6 Å². The molecule has 1 saturated carbocycles. The summed E-state index contributed by atoms with van der Waals surface area (Å²) in [5.74, 6) is -1.36. The van der Waals surface area contributed by atoms with Gasteiger partial charge in [-0.1, -0.05) is 49.7 Å². The van der Waals surface area contributed by atoms with Crippen molar-refractivity contribution in [2.45, 2.75) is 37.6 Å². The standard InChI is InChI=1S/C27H23ClFNO3/c1-16(2)26(19-6-8-20(28)9-7-19)15-27(26)22-13-21(29)10-11-23(22)30(25(27)33)14-17-4-3-5-18(12-17)24(31)32/h3-13,16H,14-15H2,1-2H3,(H,31,32). The van der Waals surface area contributed by atoms with Gasteiger partial charge in [-0.25, -0.2) is 9.18 Å². The van der Waals surface area contributed by atoms with E-state index in [0.717, 1.165) is 5.56 Å². The van der Waals surface area contributed by atoms with Crippen molar-refractivity contribution in [1.82, 2.24) is 0 Å². The molecule has 1 heterocycles. The first-order chi connectivity index (χ1) is 15.7. The molecule has 33 heavy (non-hydrogen) atoms. The molecule has 1 aliphatic carbocycles. The maximum absolute atomic E-state index is 14.5. The minimum Gasteiger partial charge on any atom is -0.478 e. The van der Waals surface area contributed by atoms with E-state index < -0.39 is 16.8 Å². The summed E-state index contributed by atoms with van der Waals surface area (Å²) in [7, 11) is 0. The fourth-order valence-corrected chi connectivity index (χ4v) is 5.91. The SMILES string of the molecule is CC(C)C1(c2ccc(Cl)cc2)CC12C(=O)N(Cc1cccc(C(=O)O)c1)c1ccc(F)cc12. The van der Waals surface area contributed by atoms with E-state index in [2.05, 4.69) is 13.8 Å². The van der Waals surface area contributed by atoms with Gasteiger partial charge in [-0.15, -0.1) is 0 Å². The first-order valence-corrected chi connectivity index (χ1v) is 11.3. The second kappa shape index (κ2) is 7.42. The number of aromatic carboxylic acids is 1. The fraction of sp³-hybridized carbons (Fsp3) is 0.259. The van der Waals surface area contributed by atoms with Gasteiger partial charge < -0.3 is 10.0 Å². The summed E-state index contributed by atoms with van der Waals surface area (Å²) in [5, 5.41) is 9.97. The molecule has 0 bridgehead atoms. The van der Waals surface area contributed by atoms with Crippen LogP contribution >= 0.6 is 11.6 Å². The van der Waals surface area contributed by atoms with Gasteiger partial charge in [0.2, 0.25) is 5.91 Å². The Hall–Kier alpha value is -3.18. The van der Waals surface area contributed by atoms with Gasteiger partial charge in [-0.2, -0.15) is 0 Å². The molecule has 1 amide bonds. The summed E-state index contributed by atoms with van der Waals surface area (Å²) < 4.78 is 14.5. The summed E-state index contributed by atoms with van der Waals surface area (Å²) in [6.45, 7) is 4.40. The number of fused-ring (bicyclic) bond motifs is 2. The van der Waals surface area contributed by atoms with Gasteiger partial charge in [-0.3, -0.25) is 4.79 Å². The van der Waals surface area contributed by atoms with Gasteiger partial charge in [0.15, 0.2) is 0 Å². The van der Waals surface area contributed by atoms with E-state index in [1.165, 1.54) is 18.2 Å². The highest BCUT2D eigenvalue weighted by Gasteiger charge is 2.77. The van der Waals surface area contributed by atoms with Crippen LogP contribution in [0.5, 0.6) is 0 Å². The number of carboxylic acid groups (broad SMARTS) is 1. The number of carboxylic acids is 1. The molecule has 2 aliphatic rings. The van der Waals surface area contributed by atoms with Crippen LogP contribution in [0.25, 0.3) is 0 Å². The minimum atomic E-state index is -1.02. The lowest BCUT2D eigenvalue weighted by Gasteiger charge is -2.27. The number of carbonyl (C=O) groups excluding carboxylic acids is 1. The lowest BCUT2D eigenvalue weighted by molar-refractivity contribution is -0.121. The van der Waals surface area contributed by atoms with Gasteiger partial charge in [0.05, 0.1) is 17.5 Å². The molecule has 6 heteroatoms. The Morgan fingerprint density at radius 3 is 2.52 bits per heavy atom. The first-order valence-electron chi connectivity index (χ1n) is 10.9. The number of nitrogens with zero attached hydrogens (tertiary/aromatic N) is 1. The molecule has 1 aliphatic heterocycles. The van der Waals surface area contributed by atoms with Crippen LogP contribution in [0.2, 0.25) is 5.02 Å². The van der Waals surface area contributed by atoms with E-state index in [-0.39, 0.29) is 29.8 Å². The van der Waals surface area contributed by atoms with E-state index in [0.29, 0.717) is 28.3 Å². The molecular weight excluding hydrogens is 441 g/mol. The predicted octanol–water partition coefficient (Wildman–Crippen LogP) is 5.96.